The predicted molar refractivity (Wildman–Crippen MR) is 86.6 cm³/mol. The summed E-state index contributed by atoms with van der Waals surface area (Å²) in [5, 5.41) is 4.69. The van der Waals surface area contributed by atoms with E-state index >= 15 is 0 Å². The zero-order chi connectivity index (χ0) is 16.5. The van der Waals surface area contributed by atoms with Crippen LogP contribution < -0.4 is 0 Å². The van der Waals surface area contributed by atoms with Gasteiger partial charge in [0, 0.05) is 5.02 Å². The minimum atomic E-state index is -1.92. The number of carbonyl (C=O) groups is 1. The lowest BCUT2D eigenvalue weighted by molar-refractivity contribution is 0.0512. The van der Waals surface area contributed by atoms with Gasteiger partial charge in [0.05, 0.1) is 17.3 Å². The first-order chi connectivity index (χ1) is 10.2. The van der Waals surface area contributed by atoms with Gasteiger partial charge in [-0.2, -0.15) is 0 Å². The molecule has 0 bridgehead atoms. The van der Waals surface area contributed by atoms with Crippen LogP contribution in [-0.2, 0) is 8.53 Å². The van der Waals surface area contributed by atoms with Gasteiger partial charge >= 0.3 is 5.97 Å². The zero-order valence-electron chi connectivity index (χ0n) is 11.0. The largest absolute Gasteiger partial charge is 0.460 e. The van der Waals surface area contributed by atoms with Crippen LogP contribution in [0.3, 0.4) is 0 Å². The smallest absolute Gasteiger partial charge is 0.378 e. The number of halogens is 5. The van der Waals surface area contributed by atoms with Gasteiger partial charge in [-0.25, -0.2) is 14.5 Å². The molecular weight excluding hydrogens is 395 g/mol. The van der Waals surface area contributed by atoms with Crippen molar-refractivity contribution in [3.05, 3.63) is 39.9 Å². The Morgan fingerprint density at radius 2 is 2.00 bits per heavy atom. The molecule has 10 heteroatoms. The highest BCUT2D eigenvalue weighted by Gasteiger charge is 2.33. The van der Waals surface area contributed by atoms with Gasteiger partial charge in [-0.05, 0) is 25.1 Å². The van der Waals surface area contributed by atoms with Crippen LogP contribution in [-0.4, -0.2) is 27.3 Å². The molecule has 0 unspecified atom stereocenters. The van der Waals surface area contributed by atoms with Crippen molar-refractivity contribution in [2.75, 3.05) is 6.61 Å². The molecule has 1 aromatic carbocycles. The summed E-state index contributed by atoms with van der Waals surface area (Å²) in [5.41, 5.74) is 0.357. The lowest BCUT2D eigenvalue weighted by Crippen LogP contribution is -2.12. The molecule has 0 N–H and O–H groups in total. The van der Waals surface area contributed by atoms with Gasteiger partial charge in [0.25, 0.3) is 5.82 Å². The summed E-state index contributed by atoms with van der Waals surface area (Å²) < 4.78 is 4.08. The van der Waals surface area contributed by atoms with Gasteiger partial charge in [0.15, 0.2) is 5.82 Å². The second-order valence-electron chi connectivity index (χ2n) is 3.98. The van der Waals surface area contributed by atoms with E-state index in [4.69, 9.17) is 62.7 Å². The number of esters is 1. The lowest BCUT2D eigenvalue weighted by Gasteiger charge is -2.12. The van der Waals surface area contributed by atoms with E-state index in [1.165, 1.54) is 6.07 Å². The molecule has 0 spiro atoms. The van der Waals surface area contributed by atoms with E-state index in [9.17, 15) is 4.79 Å². The van der Waals surface area contributed by atoms with E-state index in [2.05, 4.69) is 10.1 Å². The minimum absolute atomic E-state index is 0.0928. The van der Waals surface area contributed by atoms with Crippen molar-refractivity contribution in [3.63, 3.8) is 0 Å². The molecule has 0 aliphatic heterocycles. The monoisotopic (exact) mass is 401 g/mol. The van der Waals surface area contributed by atoms with E-state index in [-0.39, 0.29) is 23.3 Å². The molecule has 0 fully saturated rings. The highest BCUT2D eigenvalue weighted by molar-refractivity contribution is 6.66. The summed E-state index contributed by atoms with van der Waals surface area (Å²) in [7, 11) is 0. The van der Waals surface area contributed by atoms with E-state index in [1.807, 2.05) is 0 Å². The fourth-order valence-corrected chi connectivity index (χ4v) is 2.45. The summed E-state index contributed by atoms with van der Waals surface area (Å²) in [6, 6.07) is 4.64. The quantitative estimate of drug-likeness (QED) is 0.556. The van der Waals surface area contributed by atoms with Crippen molar-refractivity contribution in [2.24, 2.45) is 0 Å². The Morgan fingerprint density at radius 3 is 2.55 bits per heavy atom. The summed E-state index contributed by atoms with van der Waals surface area (Å²) in [6.45, 7) is 1.82. The number of ether oxygens (including phenoxy) is 1. The molecule has 1 heterocycles. The SMILES string of the molecule is CCOC(=O)c1nc(C(Cl)(Cl)Cl)n(-c2ccc(Cl)cc2Cl)n1. The van der Waals surface area contributed by atoms with Crippen molar-refractivity contribution in [2.45, 2.75) is 10.7 Å². The number of alkyl halides is 3. The van der Waals surface area contributed by atoms with Crippen molar-refractivity contribution >= 4 is 64.0 Å². The van der Waals surface area contributed by atoms with Crippen molar-refractivity contribution in [1.29, 1.82) is 0 Å². The standard InChI is InChI=1S/C12H8Cl5N3O2/c1-2-22-10(21)9-18-11(12(15,16)17)20(19-9)8-4-3-6(13)5-7(8)14/h3-5H,2H2,1H3. The fraction of sp³-hybridized carbons (Fsp3) is 0.250. The third-order valence-corrected chi connectivity index (χ3v) is 3.50. The Hall–Kier alpha value is -0.720. The molecule has 2 aromatic rings. The van der Waals surface area contributed by atoms with Crippen molar-refractivity contribution in [3.8, 4) is 5.69 Å². The Kier molecular flexibility index (Phi) is 5.45. The van der Waals surface area contributed by atoms with Gasteiger partial charge in [0.2, 0.25) is 3.79 Å². The zero-order valence-corrected chi connectivity index (χ0v) is 14.8. The third kappa shape index (κ3) is 3.78. The van der Waals surface area contributed by atoms with Gasteiger partial charge < -0.3 is 4.74 Å². The maximum Gasteiger partial charge on any atom is 0.378 e. The molecule has 0 aliphatic rings. The van der Waals surface area contributed by atoms with Crippen LogP contribution in [0.15, 0.2) is 18.2 Å². The molecule has 118 valence electrons. The van der Waals surface area contributed by atoms with Crippen LogP contribution in [0.1, 0.15) is 23.4 Å². The first kappa shape index (κ1) is 17.6. The van der Waals surface area contributed by atoms with Crippen molar-refractivity contribution < 1.29 is 9.53 Å². The Labute approximate surface area is 151 Å². The van der Waals surface area contributed by atoms with Crippen LogP contribution in [0, 0.1) is 0 Å². The van der Waals surface area contributed by atoms with Crippen LogP contribution in [0.5, 0.6) is 0 Å². The van der Waals surface area contributed by atoms with Crippen LogP contribution in [0.4, 0.5) is 0 Å². The summed E-state index contributed by atoms with van der Waals surface area (Å²) in [4.78, 5) is 15.7. The second kappa shape index (κ2) is 6.81. The van der Waals surface area contributed by atoms with Crippen LogP contribution in [0.25, 0.3) is 5.69 Å². The number of hydrogen-bond donors (Lipinski definition) is 0. The number of carbonyl (C=O) groups excluding carboxylic acids is 1. The number of rotatable bonds is 3. The lowest BCUT2D eigenvalue weighted by atomic mass is 10.3. The molecule has 0 saturated heterocycles. The van der Waals surface area contributed by atoms with E-state index in [0.717, 1.165) is 4.68 Å². The fourth-order valence-electron chi connectivity index (χ4n) is 1.60. The van der Waals surface area contributed by atoms with E-state index < -0.39 is 9.76 Å². The Balaban J connectivity index is 2.60. The number of nitrogens with zero attached hydrogens (tertiary/aromatic N) is 3. The van der Waals surface area contributed by atoms with Gasteiger partial charge in [-0.15, -0.1) is 5.10 Å². The highest BCUT2D eigenvalue weighted by atomic mass is 35.6. The number of benzene rings is 1. The maximum absolute atomic E-state index is 11.8. The minimum Gasteiger partial charge on any atom is -0.460 e. The van der Waals surface area contributed by atoms with Gasteiger partial charge in [-0.3, -0.25) is 0 Å². The van der Waals surface area contributed by atoms with E-state index in [0.29, 0.717) is 10.7 Å². The average molecular weight is 403 g/mol. The molecule has 1 aromatic heterocycles. The van der Waals surface area contributed by atoms with E-state index in [1.54, 1.807) is 19.1 Å². The first-order valence-corrected chi connectivity index (χ1v) is 7.79. The number of hydrogen-bond acceptors (Lipinski definition) is 4. The molecule has 0 radical (unpaired) electrons. The third-order valence-electron chi connectivity index (χ3n) is 2.46. The number of aromatic nitrogens is 3. The summed E-state index contributed by atoms with van der Waals surface area (Å²) in [6.07, 6.45) is 0. The molecule has 5 nitrogen and oxygen atoms in total. The van der Waals surface area contributed by atoms with Gasteiger partial charge in [-0.1, -0.05) is 58.0 Å². The molecule has 2 rings (SSSR count). The summed E-state index contributed by atoms with van der Waals surface area (Å²) in [5.74, 6) is -1.07. The molecule has 22 heavy (non-hydrogen) atoms. The normalized spacial score (nSPS) is 11.5. The summed E-state index contributed by atoms with van der Waals surface area (Å²) >= 11 is 29.6. The molecule has 0 aliphatic carbocycles. The molecular formula is C12H8Cl5N3O2. The Bertz CT molecular complexity index is 711. The second-order valence-corrected chi connectivity index (χ2v) is 7.11. The maximum atomic E-state index is 11.8. The topological polar surface area (TPSA) is 57.0 Å². The highest BCUT2D eigenvalue weighted by Crippen LogP contribution is 2.39. The van der Waals surface area contributed by atoms with Gasteiger partial charge in [0.1, 0.15) is 0 Å². The van der Waals surface area contributed by atoms with Crippen molar-refractivity contribution in [1.82, 2.24) is 14.8 Å². The first-order valence-electron chi connectivity index (χ1n) is 5.91. The van der Waals surface area contributed by atoms with Crippen LogP contribution >= 0.6 is 58.0 Å². The predicted octanol–water partition coefficient (Wildman–Crippen LogP) is 4.58. The molecule has 0 atom stereocenters. The van der Waals surface area contributed by atoms with Crippen LogP contribution in [0.2, 0.25) is 10.0 Å². The molecule has 0 amide bonds. The Morgan fingerprint density at radius 1 is 1.32 bits per heavy atom. The average Bonchev–Trinajstić information content (AvgIpc) is 2.84. The molecule has 0 saturated carbocycles.